The molecule has 2 aliphatic heterocycles. The van der Waals surface area contributed by atoms with Crippen molar-refractivity contribution in [2.75, 3.05) is 13.2 Å². The van der Waals surface area contributed by atoms with Crippen molar-refractivity contribution in [3.8, 4) is 22.8 Å². The fourth-order valence-corrected chi connectivity index (χ4v) is 7.61. The van der Waals surface area contributed by atoms with Gasteiger partial charge in [-0.15, -0.1) is 0 Å². The molecule has 0 amide bonds. The summed E-state index contributed by atoms with van der Waals surface area (Å²) < 4.78 is 14.5. The second-order valence-corrected chi connectivity index (χ2v) is 10.3. The van der Waals surface area contributed by atoms with Crippen LogP contribution in [-0.4, -0.2) is 17.8 Å². The van der Waals surface area contributed by atoms with Crippen molar-refractivity contribution >= 4 is 0 Å². The summed E-state index contributed by atoms with van der Waals surface area (Å²) >= 11 is 0. The smallest absolute Gasteiger partial charge is 0.161 e. The lowest BCUT2D eigenvalue weighted by Crippen LogP contribution is -2.48. The van der Waals surface area contributed by atoms with Gasteiger partial charge in [0.05, 0.1) is 13.2 Å². The van der Waals surface area contributed by atoms with Crippen molar-refractivity contribution < 1.29 is 9.47 Å². The lowest BCUT2D eigenvalue weighted by Gasteiger charge is -2.56. The summed E-state index contributed by atoms with van der Waals surface area (Å²) in [5.41, 5.74) is 6.31. The highest BCUT2D eigenvalue weighted by molar-refractivity contribution is 5.71. The molecule has 1 aromatic carbocycles. The number of aryl methyl sites for hydroxylation is 2. The van der Waals surface area contributed by atoms with Gasteiger partial charge in [0.2, 0.25) is 0 Å². The Balaban J connectivity index is 1.32. The summed E-state index contributed by atoms with van der Waals surface area (Å²) in [4.78, 5) is 0. The van der Waals surface area contributed by atoms with Crippen LogP contribution < -0.4 is 9.47 Å². The molecule has 28 heavy (non-hydrogen) atoms. The number of ether oxygens (including phenoxy) is 2. The Hall–Kier alpha value is -1.90. The number of nitrogens with zero attached hydrogens (tertiary/aromatic N) is 1. The molecule has 3 heterocycles. The van der Waals surface area contributed by atoms with Gasteiger partial charge in [-0.3, -0.25) is 0 Å². The Labute approximate surface area is 167 Å². The lowest BCUT2D eigenvalue weighted by molar-refractivity contribution is -0.00518. The Morgan fingerprint density at radius 3 is 2.25 bits per heavy atom. The summed E-state index contributed by atoms with van der Waals surface area (Å²) in [7, 11) is 0. The molecule has 0 spiro atoms. The van der Waals surface area contributed by atoms with Gasteiger partial charge in [-0.25, -0.2) is 0 Å². The molecular weight excluding hydrogens is 346 g/mol. The van der Waals surface area contributed by atoms with Gasteiger partial charge >= 0.3 is 0 Å². The normalized spacial score (nSPS) is 34.6. The lowest BCUT2D eigenvalue weighted by atomic mass is 9.48. The van der Waals surface area contributed by atoms with Gasteiger partial charge in [-0.05, 0) is 97.4 Å². The predicted octanol–water partition coefficient (Wildman–Crippen LogP) is 5.34. The third-order valence-corrected chi connectivity index (χ3v) is 8.42. The molecule has 4 aliphatic carbocycles. The van der Waals surface area contributed by atoms with E-state index in [0.717, 1.165) is 61.9 Å². The van der Waals surface area contributed by atoms with Crippen molar-refractivity contribution in [1.29, 1.82) is 0 Å². The second-order valence-electron chi connectivity index (χ2n) is 10.3. The highest BCUT2D eigenvalue weighted by Crippen LogP contribution is 2.61. The molecule has 0 saturated heterocycles. The zero-order chi connectivity index (χ0) is 18.3. The van der Waals surface area contributed by atoms with Gasteiger partial charge in [0, 0.05) is 30.4 Å². The first-order valence-electron chi connectivity index (χ1n) is 11.4. The van der Waals surface area contributed by atoms with E-state index in [1.165, 1.54) is 55.3 Å². The van der Waals surface area contributed by atoms with Gasteiger partial charge in [0.15, 0.2) is 11.5 Å². The average molecular weight is 376 g/mol. The Bertz CT molecular complexity index is 920. The van der Waals surface area contributed by atoms with Crippen LogP contribution in [0.2, 0.25) is 0 Å². The molecule has 6 aliphatic rings. The topological polar surface area (TPSA) is 23.4 Å². The minimum absolute atomic E-state index is 0.477. The number of hydrogen-bond donors (Lipinski definition) is 0. The van der Waals surface area contributed by atoms with Crippen LogP contribution in [0.15, 0.2) is 24.4 Å². The molecule has 4 fully saturated rings. The fourth-order valence-electron chi connectivity index (χ4n) is 7.61. The molecule has 3 nitrogen and oxygen atoms in total. The molecule has 4 bridgehead atoms. The van der Waals surface area contributed by atoms with E-state index in [-0.39, 0.29) is 0 Å². The van der Waals surface area contributed by atoms with Gasteiger partial charge in [-0.2, -0.15) is 0 Å². The quantitative estimate of drug-likeness (QED) is 0.672. The number of benzene rings is 1. The summed E-state index contributed by atoms with van der Waals surface area (Å²) in [6, 6.07) is 7.05. The molecule has 4 saturated carbocycles. The first kappa shape index (κ1) is 16.0. The summed E-state index contributed by atoms with van der Waals surface area (Å²) in [6.07, 6.45) is 13.4. The Morgan fingerprint density at radius 1 is 0.857 bits per heavy atom. The molecular formula is C25H29NO2. The van der Waals surface area contributed by atoms with Crippen LogP contribution in [0.5, 0.6) is 11.5 Å². The number of hydrogen-bond acceptors (Lipinski definition) is 2. The largest absolute Gasteiger partial charge is 0.490 e. The van der Waals surface area contributed by atoms with E-state index in [1.54, 1.807) is 5.56 Å². The van der Waals surface area contributed by atoms with Gasteiger partial charge in [-0.1, -0.05) is 0 Å². The molecule has 8 rings (SSSR count). The van der Waals surface area contributed by atoms with E-state index in [2.05, 4.69) is 29.0 Å². The van der Waals surface area contributed by atoms with Crippen LogP contribution in [0, 0.1) is 17.8 Å². The van der Waals surface area contributed by atoms with Crippen molar-refractivity contribution in [3.05, 3.63) is 35.5 Å². The van der Waals surface area contributed by atoms with Crippen LogP contribution in [0.4, 0.5) is 0 Å². The minimum atomic E-state index is 0.477. The van der Waals surface area contributed by atoms with E-state index in [0.29, 0.717) is 5.41 Å². The minimum Gasteiger partial charge on any atom is -0.490 e. The monoisotopic (exact) mass is 375 g/mol. The van der Waals surface area contributed by atoms with Gasteiger partial charge < -0.3 is 14.0 Å². The predicted molar refractivity (Wildman–Crippen MR) is 109 cm³/mol. The number of fused-ring (bicyclic) bond motifs is 4. The van der Waals surface area contributed by atoms with Crippen LogP contribution in [-0.2, 0) is 18.4 Å². The first-order valence-corrected chi connectivity index (χ1v) is 11.4. The van der Waals surface area contributed by atoms with E-state index in [4.69, 9.17) is 9.47 Å². The van der Waals surface area contributed by atoms with Crippen molar-refractivity contribution in [3.63, 3.8) is 0 Å². The zero-order valence-corrected chi connectivity index (χ0v) is 16.6. The maximum Gasteiger partial charge on any atom is 0.161 e. The highest BCUT2D eigenvalue weighted by Gasteiger charge is 2.52. The maximum atomic E-state index is 6.00. The molecule has 3 heteroatoms. The van der Waals surface area contributed by atoms with E-state index in [9.17, 15) is 0 Å². The van der Waals surface area contributed by atoms with Crippen molar-refractivity contribution in [2.45, 2.75) is 63.3 Å². The second kappa shape index (κ2) is 5.58. The first-order chi connectivity index (χ1) is 13.8. The molecule has 1 aromatic heterocycles. The molecule has 0 atom stereocenters. The summed E-state index contributed by atoms with van der Waals surface area (Å²) in [5, 5.41) is 0. The highest BCUT2D eigenvalue weighted by atomic mass is 16.5. The fraction of sp³-hybridized carbons (Fsp3) is 0.600. The molecule has 0 radical (unpaired) electrons. The molecule has 146 valence electrons. The third kappa shape index (κ3) is 2.22. The van der Waals surface area contributed by atoms with Crippen LogP contribution >= 0.6 is 0 Å². The van der Waals surface area contributed by atoms with Gasteiger partial charge in [0.1, 0.15) is 0 Å². The SMILES string of the molecule is c1c2c(cc3c1OCCCO3)-c1cc(C34CC5CC(CC(C5)C3)C4)cn1CC2. The van der Waals surface area contributed by atoms with E-state index >= 15 is 0 Å². The average Bonchev–Trinajstić information content (AvgIpc) is 3.00. The molecule has 0 N–H and O–H groups in total. The summed E-state index contributed by atoms with van der Waals surface area (Å²) in [6.45, 7) is 2.61. The number of aromatic nitrogens is 1. The Morgan fingerprint density at radius 2 is 1.54 bits per heavy atom. The third-order valence-electron chi connectivity index (χ3n) is 8.42. The zero-order valence-electron chi connectivity index (χ0n) is 16.6. The van der Waals surface area contributed by atoms with E-state index in [1.807, 2.05) is 0 Å². The van der Waals surface area contributed by atoms with Crippen LogP contribution in [0.1, 0.15) is 56.1 Å². The number of rotatable bonds is 1. The molecule has 0 unspecified atom stereocenters. The standard InChI is InChI=1S/C25H29NO2/c1-4-27-23-9-19-2-3-26-15-20(10-22(26)21(19)11-24(23)28-5-1)25-12-16-6-17(13-25)8-18(7-16)14-25/h9-11,15-18H,1-8,12-14H2. The Kier molecular flexibility index (Phi) is 3.18. The van der Waals surface area contributed by atoms with Crippen LogP contribution in [0.3, 0.4) is 0 Å². The molecule has 2 aromatic rings. The maximum absolute atomic E-state index is 6.00. The van der Waals surface area contributed by atoms with Gasteiger partial charge in [0.25, 0.3) is 0 Å². The van der Waals surface area contributed by atoms with Crippen molar-refractivity contribution in [2.24, 2.45) is 17.8 Å². The van der Waals surface area contributed by atoms with Crippen LogP contribution in [0.25, 0.3) is 11.3 Å². The van der Waals surface area contributed by atoms with Crippen molar-refractivity contribution in [1.82, 2.24) is 4.57 Å². The summed E-state index contributed by atoms with van der Waals surface area (Å²) in [5.74, 6) is 4.87. The van der Waals surface area contributed by atoms with E-state index < -0.39 is 0 Å².